The number of hydrogen-bond donors (Lipinski definition) is 0. The largest absolute Gasteiger partial charge is 0.144 e. The molecule has 0 spiro atoms. The Morgan fingerprint density at radius 1 is 1.12 bits per heavy atom. The topological polar surface area (TPSA) is 0 Å². The first-order valence-corrected chi connectivity index (χ1v) is 6.47. The van der Waals surface area contributed by atoms with Crippen molar-refractivity contribution >= 4 is 23.0 Å². The summed E-state index contributed by atoms with van der Waals surface area (Å²) in [6, 6.07) is 8.68. The van der Waals surface area contributed by atoms with Crippen molar-refractivity contribution < 1.29 is 0 Å². The van der Waals surface area contributed by atoms with Crippen LogP contribution in [0.5, 0.6) is 0 Å². The predicted molar refractivity (Wildman–Crippen MR) is 71.8 cm³/mol. The van der Waals surface area contributed by atoms with E-state index in [0.29, 0.717) is 0 Å². The quantitative estimate of drug-likeness (QED) is 0.673. The summed E-state index contributed by atoms with van der Waals surface area (Å²) in [5.74, 6) is 0. The van der Waals surface area contributed by atoms with Gasteiger partial charge in [0.15, 0.2) is 0 Å². The monoisotopic (exact) mass is 226 g/mol. The SMILES string of the molecule is Cc1csc(C2=Cc3ccccc3C2)c1C. The van der Waals surface area contributed by atoms with Gasteiger partial charge in [-0.05, 0) is 59.6 Å². The van der Waals surface area contributed by atoms with Crippen molar-refractivity contribution in [2.45, 2.75) is 20.3 Å². The molecule has 0 saturated carbocycles. The molecular weight excluding hydrogens is 212 g/mol. The van der Waals surface area contributed by atoms with E-state index in [1.165, 1.54) is 32.7 Å². The van der Waals surface area contributed by atoms with E-state index < -0.39 is 0 Å². The molecule has 1 aliphatic carbocycles. The third kappa shape index (κ3) is 1.43. The summed E-state index contributed by atoms with van der Waals surface area (Å²) in [6.45, 7) is 4.42. The lowest BCUT2D eigenvalue weighted by Gasteiger charge is -2.01. The highest BCUT2D eigenvalue weighted by atomic mass is 32.1. The van der Waals surface area contributed by atoms with Gasteiger partial charge in [-0.1, -0.05) is 24.3 Å². The molecule has 3 rings (SSSR count). The second-order valence-corrected chi connectivity index (χ2v) is 5.30. The second-order valence-electron chi connectivity index (χ2n) is 4.42. The van der Waals surface area contributed by atoms with E-state index in [1.54, 1.807) is 0 Å². The fraction of sp³-hybridized carbons (Fsp3) is 0.200. The minimum Gasteiger partial charge on any atom is -0.144 e. The predicted octanol–water partition coefficient (Wildman–Crippen LogP) is 4.46. The van der Waals surface area contributed by atoms with Gasteiger partial charge in [0.05, 0.1) is 0 Å². The summed E-state index contributed by atoms with van der Waals surface area (Å²) in [6.07, 6.45) is 3.44. The Balaban J connectivity index is 2.05. The molecule has 2 aromatic rings. The molecule has 0 aliphatic heterocycles. The third-order valence-corrected chi connectivity index (χ3v) is 4.62. The molecule has 16 heavy (non-hydrogen) atoms. The van der Waals surface area contributed by atoms with Gasteiger partial charge in [0.2, 0.25) is 0 Å². The van der Waals surface area contributed by atoms with Crippen LogP contribution in [0.4, 0.5) is 0 Å². The number of hydrogen-bond acceptors (Lipinski definition) is 1. The number of aryl methyl sites for hydroxylation is 1. The molecule has 80 valence electrons. The van der Waals surface area contributed by atoms with E-state index in [-0.39, 0.29) is 0 Å². The van der Waals surface area contributed by atoms with Gasteiger partial charge in [-0.25, -0.2) is 0 Å². The molecule has 1 aromatic carbocycles. The number of allylic oxidation sites excluding steroid dienone is 1. The van der Waals surface area contributed by atoms with Crippen molar-refractivity contribution in [3.05, 3.63) is 56.8 Å². The summed E-state index contributed by atoms with van der Waals surface area (Å²) >= 11 is 1.88. The van der Waals surface area contributed by atoms with Gasteiger partial charge in [-0.2, -0.15) is 0 Å². The minimum absolute atomic E-state index is 1.09. The highest BCUT2D eigenvalue weighted by molar-refractivity contribution is 7.11. The van der Waals surface area contributed by atoms with Gasteiger partial charge in [0, 0.05) is 4.88 Å². The van der Waals surface area contributed by atoms with Crippen LogP contribution in [0.1, 0.15) is 27.1 Å². The highest BCUT2D eigenvalue weighted by Gasteiger charge is 2.16. The fourth-order valence-corrected chi connectivity index (χ4v) is 3.34. The van der Waals surface area contributed by atoms with Gasteiger partial charge in [-0.15, -0.1) is 11.3 Å². The molecule has 0 nitrogen and oxygen atoms in total. The molecule has 0 amide bonds. The molecule has 0 unspecified atom stereocenters. The zero-order valence-corrected chi connectivity index (χ0v) is 10.4. The number of benzene rings is 1. The van der Waals surface area contributed by atoms with Gasteiger partial charge in [-0.3, -0.25) is 0 Å². The molecule has 0 bridgehead atoms. The third-order valence-electron chi connectivity index (χ3n) is 3.34. The zero-order valence-electron chi connectivity index (χ0n) is 9.58. The van der Waals surface area contributed by atoms with E-state index in [9.17, 15) is 0 Å². The van der Waals surface area contributed by atoms with Gasteiger partial charge in [0.1, 0.15) is 0 Å². The average Bonchev–Trinajstić information content (AvgIpc) is 2.84. The van der Waals surface area contributed by atoms with Crippen molar-refractivity contribution in [1.82, 2.24) is 0 Å². The molecule has 0 N–H and O–H groups in total. The van der Waals surface area contributed by atoms with E-state index in [0.717, 1.165) is 6.42 Å². The first-order chi connectivity index (χ1) is 7.75. The van der Waals surface area contributed by atoms with Crippen LogP contribution in [-0.4, -0.2) is 0 Å². The Labute approximate surface area is 100 Å². The number of thiophene rings is 1. The maximum absolute atomic E-state index is 2.34. The summed E-state index contributed by atoms with van der Waals surface area (Å²) in [4.78, 5) is 1.47. The minimum atomic E-state index is 1.09. The smallest absolute Gasteiger partial charge is 0.0337 e. The van der Waals surface area contributed by atoms with Gasteiger partial charge < -0.3 is 0 Å². The van der Waals surface area contributed by atoms with Crippen LogP contribution in [0, 0.1) is 13.8 Å². The highest BCUT2D eigenvalue weighted by Crippen LogP contribution is 2.36. The summed E-state index contributed by atoms with van der Waals surface area (Å²) in [7, 11) is 0. The zero-order chi connectivity index (χ0) is 11.1. The Morgan fingerprint density at radius 3 is 2.62 bits per heavy atom. The lowest BCUT2D eigenvalue weighted by atomic mass is 10.1. The first-order valence-electron chi connectivity index (χ1n) is 5.59. The van der Waals surface area contributed by atoms with Gasteiger partial charge in [0.25, 0.3) is 0 Å². The van der Waals surface area contributed by atoms with Crippen LogP contribution in [0.2, 0.25) is 0 Å². The maximum Gasteiger partial charge on any atom is 0.0337 e. The van der Waals surface area contributed by atoms with Crippen LogP contribution in [0.3, 0.4) is 0 Å². The molecule has 0 saturated heterocycles. The molecule has 1 aliphatic rings. The molecule has 1 heterocycles. The van der Waals surface area contributed by atoms with Crippen LogP contribution in [0.15, 0.2) is 29.6 Å². The van der Waals surface area contributed by atoms with Crippen LogP contribution in [-0.2, 0) is 6.42 Å². The van der Waals surface area contributed by atoms with Crippen molar-refractivity contribution in [1.29, 1.82) is 0 Å². The van der Waals surface area contributed by atoms with Crippen LogP contribution >= 0.6 is 11.3 Å². The summed E-state index contributed by atoms with van der Waals surface area (Å²) in [5, 5.41) is 2.26. The maximum atomic E-state index is 2.34. The van der Waals surface area contributed by atoms with Crippen molar-refractivity contribution in [2.24, 2.45) is 0 Å². The average molecular weight is 226 g/mol. The van der Waals surface area contributed by atoms with Crippen molar-refractivity contribution in [2.75, 3.05) is 0 Å². The Morgan fingerprint density at radius 2 is 1.94 bits per heavy atom. The number of rotatable bonds is 1. The van der Waals surface area contributed by atoms with E-state index >= 15 is 0 Å². The molecule has 1 aromatic heterocycles. The normalized spacial score (nSPS) is 13.8. The van der Waals surface area contributed by atoms with Crippen molar-refractivity contribution in [3.8, 4) is 0 Å². The van der Waals surface area contributed by atoms with Gasteiger partial charge >= 0.3 is 0 Å². The fourth-order valence-electron chi connectivity index (χ4n) is 2.25. The Hall–Kier alpha value is -1.34. The molecular formula is C15H14S. The summed E-state index contributed by atoms with van der Waals surface area (Å²) in [5.41, 5.74) is 7.20. The molecule has 1 heteroatoms. The first kappa shape index (κ1) is 9.86. The Kier molecular flexibility index (Phi) is 2.22. The Bertz CT molecular complexity index is 573. The van der Waals surface area contributed by atoms with Crippen LogP contribution in [0.25, 0.3) is 11.6 Å². The lowest BCUT2D eigenvalue weighted by Crippen LogP contribution is -1.85. The van der Waals surface area contributed by atoms with E-state index in [2.05, 4.69) is 49.6 Å². The second kappa shape index (κ2) is 3.60. The summed E-state index contributed by atoms with van der Waals surface area (Å²) < 4.78 is 0. The molecule has 0 atom stereocenters. The number of fused-ring (bicyclic) bond motifs is 1. The van der Waals surface area contributed by atoms with E-state index in [4.69, 9.17) is 0 Å². The van der Waals surface area contributed by atoms with E-state index in [1.807, 2.05) is 11.3 Å². The molecule has 0 fully saturated rings. The van der Waals surface area contributed by atoms with Crippen molar-refractivity contribution in [3.63, 3.8) is 0 Å². The standard InChI is InChI=1S/C15H14S/c1-10-9-16-15(11(10)2)14-7-12-5-3-4-6-13(12)8-14/h3-7,9H,8H2,1-2H3. The van der Waals surface area contributed by atoms with Crippen LogP contribution < -0.4 is 0 Å². The molecule has 0 radical (unpaired) electrons. The lowest BCUT2D eigenvalue weighted by molar-refractivity contribution is 1.31.